The lowest BCUT2D eigenvalue weighted by Gasteiger charge is -2.18. The minimum atomic E-state index is -1.01. The molecule has 2 rings (SSSR count). The zero-order chi connectivity index (χ0) is 19.1. The molecule has 0 aliphatic rings. The molecule has 1 aromatic heterocycles. The number of aryl methyl sites for hydroxylation is 2. The van der Waals surface area contributed by atoms with Gasteiger partial charge in [-0.25, -0.2) is 0 Å². The average Bonchev–Trinajstić information content (AvgIpc) is 2.87. The number of nitrogens with one attached hydrogen (secondary N) is 2. The van der Waals surface area contributed by atoms with Gasteiger partial charge in [-0.2, -0.15) is 5.10 Å². The Hall–Kier alpha value is -1.42. The standard InChI is InChI=1S/C19H29N5OS.HI/c1-14(13-18-15(2)23-24(5)16(18)3)22-19(20-4)21-11-12-26(25)17-9-7-6-8-10-17;/h6-10,14H,11-13H2,1-5H3,(H2,20,21,22);1H. The summed E-state index contributed by atoms with van der Waals surface area (Å²) in [6.45, 7) is 6.86. The number of hydrogen-bond donors (Lipinski definition) is 2. The van der Waals surface area contributed by atoms with E-state index in [4.69, 9.17) is 0 Å². The second-order valence-electron chi connectivity index (χ2n) is 6.38. The van der Waals surface area contributed by atoms with Crippen LogP contribution in [0.25, 0.3) is 0 Å². The highest BCUT2D eigenvalue weighted by molar-refractivity contribution is 14.0. The molecular weight excluding hydrogens is 473 g/mol. The van der Waals surface area contributed by atoms with Gasteiger partial charge in [0, 0.05) is 43.0 Å². The zero-order valence-electron chi connectivity index (χ0n) is 16.7. The first kappa shape index (κ1) is 23.6. The van der Waals surface area contributed by atoms with Gasteiger partial charge in [0.1, 0.15) is 0 Å². The number of aromatic nitrogens is 2. The number of guanidine groups is 1. The summed E-state index contributed by atoms with van der Waals surface area (Å²) < 4.78 is 14.2. The van der Waals surface area contributed by atoms with Crippen LogP contribution < -0.4 is 10.6 Å². The molecule has 0 amide bonds. The summed E-state index contributed by atoms with van der Waals surface area (Å²) in [5.41, 5.74) is 3.53. The molecule has 8 heteroatoms. The fourth-order valence-corrected chi connectivity index (χ4v) is 3.83. The Morgan fingerprint density at radius 3 is 2.52 bits per heavy atom. The summed E-state index contributed by atoms with van der Waals surface area (Å²) in [6.07, 6.45) is 0.877. The Kier molecular flexibility index (Phi) is 10.00. The molecule has 0 bridgehead atoms. The minimum absolute atomic E-state index is 0. The molecule has 0 fully saturated rings. The van der Waals surface area contributed by atoms with Gasteiger partial charge in [-0.1, -0.05) is 18.2 Å². The molecular formula is C19H30IN5OS. The van der Waals surface area contributed by atoms with Crippen molar-refractivity contribution < 1.29 is 4.21 Å². The molecule has 150 valence electrons. The van der Waals surface area contributed by atoms with Crippen molar-refractivity contribution >= 4 is 40.7 Å². The maximum atomic E-state index is 12.3. The number of benzene rings is 1. The van der Waals surface area contributed by atoms with E-state index < -0.39 is 10.8 Å². The number of nitrogens with zero attached hydrogens (tertiary/aromatic N) is 3. The quantitative estimate of drug-likeness (QED) is 0.346. The molecule has 2 atom stereocenters. The van der Waals surface area contributed by atoms with Crippen molar-refractivity contribution in [3.8, 4) is 0 Å². The number of aliphatic imine (C=N–C) groups is 1. The molecule has 1 aromatic carbocycles. The first-order valence-electron chi connectivity index (χ1n) is 8.82. The molecule has 0 spiro atoms. The fraction of sp³-hybridized carbons (Fsp3) is 0.474. The fourth-order valence-electron chi connectivity index (χ4n) is 2.85. The van der Waals surface area contributed by atoms with Crippen LogP contribution in [0.1, 0.15) is 23.9 Å². The molecule has 0 radical (unpaired) electrons. The third-order valence-corrected chi connectivity index (χ3v) is 5.73. The van der Waals surface area contributed by atoms with Gasteiger partial charge < -0.3 is 10.6 Å². The maximum absolute atomic E-state index is 12.3. The number of rotatable bonds is 7. The van der Waals surface area contributed by atoms with Gasteiger partial charge in [0.25, 0.3) is 0 Å². The van der Waals surface area contributed by atoms with E-state index in [-0.39, 0.29) is 30.0 Å². The molecule has 2 aromatic rings. The Bertz CT molecular complexity index is 776. The van der Waals surface area contributed by atoms with E-state index in [2.05, 4.69) is 34.6 Å². The van der Waals surface area contributed by atoms with E-state index in [0.717, 1.165) is 23.0 Å². The lowest BCUT2D eigenvalue weighted by atomic mass is 10.1. The molecule has 0 saturated carbocycles. The van der Waals surface area contributed by atoms with Crippen LogP contribution in [0.5, 0.6) is 0 Å². The maximum Gasteiger partial charge on any atom is 0.191 e. The molecule has 27 heavy (non-hydrogen) atoms. The highest BCUT2D eigenvalue weighted by Crippen LogP contribution is 2.14. The lowest BCUT2D eigenvalue weighted by Crippen LogP contribution is -2.44. The molecule has 0 saturated heterocycles. The Morgan fingerprint density at radius 2 is 1.96 bits per heavy atom. The number of hydrogen-bond acceptors (Lipinski definition) is 3. The summed E-state index contributed by atoms with van der Waals surface area (Å²) in [7, 11) is 2.71. The van der Waals surface area contributed by atoms with Gasteiger partial charge >= 0.3 is 0 Å². The molecule has 2 N–H and O–H groups in total. The van der Waals surface area contributed by atoms with Crippen LogP contribution in [0.15, 0.2) is 40.2 Å². The smallest absolute Gasteiger partial charge is 0.191 e. The normalized spacial score (nSPS) is 13.6. The lowest BCUT2D eigenvalue weighted by molar-refractivity contribution is 0.637. The Labute approximate surface area is 181 Å². The van der Waals surface area contributed by atoms with Crippen molar-refractivity contribution in [2.45, 2.75) is 38.1 Å². The van der Waals surface area contributed by atoms with E-state index in [9.17, 15) is 4.21 Å². The zero-order valence-corrected chi connectivity index (χ0v) is 19.8. The van der Waals surface area contributed by atoms with Crippen LogP contribution in [-0.4, -0.2) is 45.3 Å². The Balaban J connectivity index is 0.00000364. The van der Waals surface area contributed by atoms with E-state index in [1.165, 1.54) is 11.3 Å². The van der Waals surface area contributed by atoms with Crippen molar-refractivity contribution in [1.82, 2.24) is 20.4 Å². The first-order chi connectivity index (χ1) is 12.4. The van der Waals surface area contributed by atoms with E-state index >= 15 is 0 Å². The molecule has 2 unspecified atom stereocenters. The van der Waals surface area contributed by atoms with Crippen molar-refractivity contribution in [2.75, 3.05) is 19.3 Å². The van der Waals surface area contributed by atoms with Gasteiger partial charge in [-0.05, 0) is 44.9 Å². The van der Waals surface area contributed by atoms with Gasteiger partial charge in [0.05, 0.1) is 16.5 Å². The van der Waals surface area contributed by atoms with Crippen LogP contribution in [0.4, 0.5) is 0 Å². The molecule has 1 heterocycles. The van der Waals surface area contributed by atoms with Gasteiger partial charge in [0.2, 0.25) is 0 Å². The van der Waals surface area contributed by atoms with Crippen molar-refractivity contribution in [3.05, 3.63) is 47.3 Å². The third-order valence-electron chi connectivity index (χ3n) is 4.36. The Morgan fingerprint density at radius 1 is 1.30 bits per heavy atom. The topological polar surface area (TPSA) is 71.3 Å². The summed E-state index contributed by atoms with van der Waals surface area (Å²) in [5, 5.41) is 11.1. The second kappa shape index (κ2) is 11.4. The minimum Gasteiger partial charge on any atom is -0.355 e. The van der Waals surface area contributed by atoms with Crippen molar-refractivity contribution in [1.29, 1.82) is 0 Å². The summed E-state index contributed by atoms with van der Waals surface area (Å²) in [6, 6.07) is 9.74. The first-order valence-corrected chi connectivity index (χ1v) is 10.1. The van der Waals surface area contributed by atoms with Crippen LogP contribution >= 0.6 is 24.0 Å². The molecule has 6 nitrogen and oxygen atoms in total. The van der Waals surface area contributed by atoms with Gasteiger partial charge in [0.15, 0.2) is 5.96 Å². The summed E-state index contributed by atoms with van der Waals surface area (Å²) in [4.78, 5) is 5.12. The third kappa shape index (κ3) is 6.91. The largest absolute Gasteiger partial charge is 0.355 e. The molecule has 0 aliphatic carbocycles. The van der Waals surface area contributed by atoms with Crippen LogP contribution in [0, 0.1) is 13.8 Å². The highest BCUT2D eigenvalue weighted by atomic mass is 127. The predicted octanol–water partition coefficient (Wildman–Crippen LogP) is 2.56. The van der Waals surface area contributed by atoms with E-state index in [1.807, 2.05) is 49.0 Å². The van der Waals surface area contributed by atoms with Gasteiger partial charge in [-0.15, -0.1) is 24.0 Å². The number of halogens is 1. The summed E-state index contributed by atoms with van der Waals surface area (Å²) >= 11 is 0. The van der Waals surface area contributed by atoms with Crippen LogP contribution in [0.3, 0.4) is 0 Å². The van der Waals surface area contributed by atoms with E-state index in [0.29, 0.717) is 12.3 Å². The molecule has 0 aliphatic heterocycles. The van der Waals surface area contributed by atoms with Gasteiger partial charge in [-0.3, -0.25) is 13.9 Å². The monoisotopic (exact) mass is 503 g/mol. The van der Waals surface area contributed by atoms with Crippen LogP contribution in [-0.2, 0) is 24.3 Å². The highest BCUT2D eigenvalue weighted by Gasteiger charge is 2.14. The summed E-state index contributed by atoms with van der Waals surface area (Å²) in [5.74, 6) is 1.27. The second-order valence-corrected chi connectivity index (χ2v) is 7.95. The predicted molar refractivity (Wildman–Crippen MR) is 123 cm³/mol. The van der Waals surface area contributed by atoms with Crippen molar-refractivity contribution in [2.24, 2.45) is 12.0 Å². The SMILES string of the molecule is CN=C(NCCS(=O)c1ccccc1)NC(C)Cc1c(C)nn(C)c1C.I. The van der Waals surface area contributed by atoms with Crippen molar-refractivity contribution in [3.63, 3.8) is 0 Å². The van der Waals surface area contributed by atoms with E-state index in [1.54, 1.807) is 7.05 Å². The average molecular weight is 503 g/mol. The van der Waals surface area contributed by atoms with Crippen LogP contribution in [0.2, 0.25) is 0 Å².